The summed E-state index contributed by atoms with van der Waals surface area (Å²) in [5.74, 6) is 1.15. The molecule has 2 aromatic heterocycles. The number of benzene rings is 1. The topological polar surface area (TPSA) is 86.2 Å². The van der Waals surface area contributed by atoms with Gasteiger partial charge in [-0.15, -0.1) is 0 Å². The molecule has 1 atom stereocenters. The number of hydrogen-bond acceptors (Lipinski definition) is 5. The smallest absolute Gasteiger partial charge is 0.238 e. The summed E-state index contributed by atoms with van der Waals surface area (Å²) in [6.07, 6.45) is 5.26. The van der Waals surface area contributed by atoms with E-state index >= 15 is 0 Å². The zero-order valence-electron chi connectivity index (χ0n) is 13.6. The van der Waals surface area contributed by atoms with Crippen LogP contribution in [0, 0.1) is 0 Å². The van der Waals surface area contributed by atoms with Crippen molar-refractivity contribution in [2.24, 2.45) is 4.99 Å². The van der Waals surface area contributed by atoms with Crippen molar-refractivity contribution in [3.05, 3.63) is 65.5 Å². The van der Waals surface area contributed by atoms with Crippen LogP contribution in [0.4, 0.5) is 11.8 Å². The highest BCUT2D eigenvalue weighted by Crippen LogP contribution is 2.31. The summed E-state index contributed by atoms with van der Waals surface area (Å²) in [7, 11) is 0. The summed E-state index contributed by atoms with van der Waals surface area (Å²) in [4.78, 5) is 15.7. The van der Waals surface area contributed by atoms with E-state index < -0.39 is 0 Å². The predicted octanol–water partition coefficient (Wildman–Crippen LogP) is 3.94. The van der Waals surface area contributed by atoms with Crippen LogP contribution in [0.15, 0.2) is 53.7 Å². The first-order chi connectivity index (χ1) is 12.2. The molecule has 6 nitrogen and oxygen atoms in total. The molecule has 3 aromatic rings. The molecule has 0 amide bonds. The van der Waals surface area contributed by atoms with Crippen molar-refractivity contribution in [2.45, 2.75) is 13.0 Å². The fraction of sp³-hybridized carbons (Fsp3) is 0.105. The number of aromatic amines is 1. The number of aromatic hydroxyl groups is 1. The number of H-pyrrole nitrogens is 1. The molecule has 0 bridgehead atoms. The normalized spacial score (nSPS) is 15.3. The average Bonchev–Trinajstić information content (AvgIpc) is 3.20. The lowest BCUT2D eigenvalue weighted by Crippen LogP contribution is -2.07. The van der Waals surface area contributed by atoms with Gasteiger partial charge in [-0.2, -0.15) is 4.98 Å². The minimum Gasteiger partial charge on any atom is -0.492 e. The molecule has 3 heterocycles. The number of nitrogens with one attached hydrogen (secondary N) is 2. The highest BCUT2D eigenvalue weighted by atomic mass is 16.3. The van der Waals surface area contributed by atoms with Crippen LogP contribution in [0.2, 0.25) is 0 Å². The van der Waals surface area contributed by atoms with E-state index in [2.05, 4.69) is 25.3 Å². The molecule has 1 aliphatic rings. The van der Waals surface area contributed by atoms with Crippen molar-refractivity contribution < 1.29 is 5.11 Å². The maximum atomic E-state index is 10.1. The van der Waals surface area contributed by atoms with Crippen LogP contribution < -0.4 is 5.32 Å². The van der Waals surface area contributed by atoms with Crippen LogP contribution in [0.5, 0.6) is 5.88 Å². The van der Waals surface area contributed by atoms with Crippen molar-refractivity contribution in [3.8, 4) is 5.88 Å². The average molecular weight is 331 g/mol. The van der Waals surface area contributed by atoms with E-state index in [1.54, 1.807) is 12.4 Å². The van der Waals surface area contributed by atoms with Crippen molar-refractivity contribution in [1.29, 1.82) is 0 Å². The standard InChI is InChI=1S/C19H17N5O/c1-12(13-6-3-2-4-7-13)22-19-23-16(18(25)24-19)10-14-11-21-17-15(14)8-5-9-20-17/h2-12,25H,1H3,(H2,22,23,24)/b14-10+/t12-/m0/s1. The number of aromatic nitrogens is 3. The first-order valence-corrected chi connectivity index (χ1v) is 8.02. The summed E-state index contributed by atoms with van der Waals surface area (Å²) < 4.78 is 0. The summed E-state index contributed by atoms with van der Waals surface area (Å²) >= 11 is 0. The van der Waals surface area contributed by atoms with Crippen LogP contribution in [0.1, 0.15) is 29.8 Å². The van der Waals surface area contributed by atoms with Crippen molar-refractivity contribution in [2.75, 3.05) is 5.32 Å². The van der Waals surface area contributed by atoms with E-state index in [0.717, 1.165) is 16.7 Å². The van der Waals surface area contributed by atoms with Crippen LogP contribution in [0.3, 0.4) is 0 Å². The number of hydrogen-bond donors (Lipinski definition) is 3. The highest BCUT2D eigenvalue weighted by Gasteiger charge is 2.15. The molecule has 0 saturated carbocycles. The van der Waals surface area contributed by atoms with Gasteiger partial charge in [0.05, 0.1) is 6.04 Å². The fourth-order valence-corrected chi connectivity index (χ4v) is 2.77. The second-order valence-corrected chi connectivity index (χ2v) is 5.83. The fourth-order valence-electron chi connectivity index (χ4n) is 2.77. The van der Waals surface area contributed by atoms with Gasteiger partial charge in [-0.05, 0) is 30.7 Å². The van der Waals surface area contributed by atoms with Gasteiger partial charge in [0.15, 0.2) is 5.82 Å². The Kier molecular flexibility index (Phi) is 3.78. The number of rotatable bonds is 4. The maximum Gasteiger partial charge on any atom is 0.238 e. The molecule has 4 rings (SSSR count). The molecular weight excluding hydrogens is 314 g/mol. The number of aliphatic imine (C=N–C) groups is 1. The van der Waals surface area contributed by atoms with E-state index in [0.29, 0.717) is 17.5 Å². The van der Waals surface area contributed by atoms with Gasteiger partial charge in [-0.3, -0.25) is 0 Å². The van der Waals surface area contributed by atoms with Gasteiger partial charge >= 0.3 is 0 Å². The Balaban J connectivity index is 1.58. The second kappa shape index (κ2) is 6.24. The Morgan fingerprint density at radius 3 is 2.84 bits per heavy atom. The Morgan fingerprint density at radius 2 is 2.00 bits per heavy atom. The molecule has 0 aliphatic carbocycles. The Morgan fingerprint density at radius 1 is 1.16 bits per heavy atom. The lowest BCUT2D eigenvalue weighted by Gasteiger charge is -2.12. The van der Waals surface area contributed by atoms with Gasteiger partial charge in [0, 0.05) is 23.5 Å². The lowest BCUT2D eigenvalue weighted by molar-refractivity contribution is 0.455. The molecule has 25 heavy (non-hydrogen) atoms. The molecule has 1 aliphatic heterocycles. The molecule has 0 spiro atoms. The number of imidazole rings is 1. The van der Waals surface area contributed by atoms with Gasteiger partial charge in [0.1, 0.15) is 5.69 Å². The van der Waals surface area contributed by atoms with E-state index in [9.17, 15) is 5.11 Å². The highest BCUT2D eigenvalue weighted by molar-refractivity contribution is 6.20. The SMILES string of the molecule is C[C@H](Nc1nc(O)c(/C=C2\C=Nc3ncccc32)[nH]1)c1ccccc1. The Hall–Kier alpha value is -3.41. The number of allylic oxidation sites excluding steroid dienone is 1. The summed E-state index contributed by atoms with van der Waals surface area (Å²) in [6.45, 7) is 2.04. The van der Waals surface area contributed by atoms with Crippen LogP contribution >= 0.6 is 0 Å². The molecule has 0 fully saturated rings. The minimum absolute atomic E-state index is 0.0546. The Labute approximate surface area is 145 Å². The van der Waals surface area contributed by atoms with E-state index in [1.165, 1.54) is 0 Å². The van der Waals surface area contributed by atoms with Crippen LogP contribution in [0.25, 0.3) is 11.6 Å². The van der Waals surface area contributed by atoms with Crippen molar-refractivity contribution in [1.82, 2.24) is 15.0 Å². The largest absolute Gasteiger partial charge is 0.492 e. The van der Waals surface area contributed by atoms with Gasteiger partial charge in [0.2, 0.25) is 11.8 Å². The first-order valence-electron chi connectivity index (χ1n) is 8.02. The van der Waals surface area contributed by atoms with E-state index in [-0.39, 0.29) is 11.9 Å². The zero-order chi connectivity index (χ0) is 17.2. The number of fused-ring (bicyclic) bond motifs is 1. The first kappa shape index (κ1) is 15.1. The second-order valence-electron chi connectivity index (χ2n) is 5.83. The quantitative estimate of drug-likeness (QED) is 0.676. The third kappa shape index (κ3) is 3.01. The molecule has 0 radical (unpaired) electrons. The van der Waals surface area contributed by atoms with Gasteiger partial charge < -0.3 is 15.4 Å². The predicted molar refractivity (Wildman–Crippen MR) is 99.0 cm³/mol. The van der Waals surface area contributed by atoms with Crippen molar-refractivity contribution >= 4 is 29.6 Å². The number of anilines is 1. The molecule has 3 N–H and O–H groups in total. The summed E-state index contributed by atoms with van der Waals surface area (Å²) in [5, 5.41) is 13.4. The lowest BCUT2D eigenvalue weighted by atomic mass is 10.1. The minimum atomic E-state index is -0.0546. The van der Waals surface area contributed by atoms with Crippen molar-refractivity contribution in [3.63, 3.8) is 0 Å². The molecule has 1 aromatic carbocycles. The third-order valence-corrected chi connectivity index (χ3v) is 4.09. The van der Waals surface area contributed by atoms with Crippen LogP contribution in [-0.2, 0) is 0 Å². The number of pyridine rings is 1. The molecular formula is C19H17N5O. The summed E-state index contributed by atoms with van der Waals surface area (Å²) in [5.41, 5.74) is 3.48. The summed E-state index contributed by atoms with van der Waals surface area (Å²) in [6, 6.07) is 13.9. The molecule has 0 unspecified atom stereocenters. The monoisotopic (exact) mass is 331 g/mol. The van der Waals surface area contributed by atoms with Crippen LogP contribution in [-0.4, -0.2) is 26.3 Å². The Bertz CT molecular complexity index is 959. The van der Waals surface area contributed by atoms with E-state index in [4.69, 9.17) is 0 Å². The van der Waals surface area contributed by atoms with Gasteiger partial charge in [0.25, 0.3) is 0 Å². The zero-order valence-corrected chi connectivity index (χ0v) is 13.6. The molecule has 6 heteroatoms. The number of nitrogens with zero attached hydrogens (tertiary/aromatic N) is 3. The third-order valence-electron chi connectivity index (χ3n) is 4.09. The molecule has 0 saturated heterocycles. The molecule has 124 valence electrons. The van der Waals surface area contributed by atoms with Gasteiger partial charge in [-0.1, -0.05) is 30.3 Å². The van der Waals surface area contributed by atoms with Gasteiger partial charge in [-0.25, -0.2) is 9.98 Å². The van der Waals surface area contributed by atoms with E-state index in [1.807, 2.05) is 55.5 Å². The maximum absolute atomic E-state index is 10.1.